The van der Waals surface area contributed by atoms with E-state index in [-0.39, 0.29) is 17.8 Å². The highest BCUT2D eigenvalue weighted by Crippen LogP contribution is 2.24. The average Bonchev–Trinajstić information content (AvgIpc) is 2.64. The Bertz CT molecular complexity index is 900. The number of carbonyl (C=O) groups is 1. The van der Waals surface area contributed by atoms with E-state index in [0.717, 1.165) is 5.52 Å². The fourth-order valence-corrected chi connectivity index (χ4v) is 2.18. The molecule has 128 valence electrons. The number of hydrogen-bond acceptors (Lipinski definition) is 7. The van der Waals surface area contributed by atoms with Gasteiger partial charge in [-0.25, -0.2) is 4.98 Å². The highest BCUT2D eigenvalue weighted by Gasteiger charge is 2.14. The first-order valence-electron chi connectivity index (χ1n) is 7.86. The SMILES string of the molecule is CCOc1ncc(NC(=O)c2ccc3nccnc3c2)c(OCC)n1. The summed E-state index contributed by atoms with van der Waals surface area (Å²) in [6.45, 7) is 4.50. The van der Waals surface area contributed by atoms with Crippen molar-refractivity contribution in [2.45, 2.75) is 13.8 Å². The Morgan fingerprint density at radius 1 is 1.04 bits per heavy atom. The molecular weight excluding hydrogens is 322 g/mol. The summed E-state index contributed by atoms with van der Waals surface area (Å²) in [5, 5.41) is 2.75. The van der Waals surface area contributed by atoms with Crippen LogP contribution in [0.4, 0.5) is 5.69 Å². The number of nitrogens with one attached hydrogen (secondary N) is 1. The molecule has 0 aliphatic rings. The second-order valence-corrected chi connectivity index (χ2v) is 4.95. The molecule has 1 N–H and O–H groups in total. The van der Waals surface area contributed by atoms with Crippen LogP contribution in [-0.2, 0) is 0 Å². The zero-order valence-electron chi connectivity index (χ0n) is 13.9. The third kappa shape index (κ3) is 3.79. The van der Waals surface area contributed by atoms with E-state index in [1.807, 2.05) is 13.8 Å². The number of benzene rings is 1. The molecule has 0 unspecified atom stereocenters. The van der Waals surface area contributed by atoms with E-state index >= 15 is 0 Å². The van der Waals surface area contributed by atoms with E-state index in [4.69, 9.17) is 9.47 Å². The normalized spacial score (nSPS) is 10.5. The van der Waals surface area contributed by atoms with Gasteiger partial charge in [-0.05, 0) is 32.0 Å². The summed E-state index contributed by atoms with van der Waals surface area (Å²) in [4.78, 5) is 29.1. The van der Waals surface area contributed by atoms with Gasteiger partial charge in [0.05, 0.1) is 30.4 Å². The fraction of sp³-hybridized carbons (Fsp3) is 0.235. The molecule has 0 atom stereocenters. The van der Waals surface area contributed by atoms with E-state index in [1.165, 1.54) is 6.20 Å². The summed E-state index contributed by atoms with van der Waals surface area (Å²) in [5.74, 6) is -0.0591. The van der Waals surface area contributed by atoms with Crippen molar-refractivity contribution in [3.63, 3.8) is 0 Å². The average molecular weight is 339 g/mol. The van der Waals surface area contributed by atoms with Crippen molar-refractivity contribution >= 4 is 22.6 Å². The number of nitrogens with zero attached hydrogens (tertiary/aromatic N) is 4. The minimum absolute atomic E-state index is 0.199. The van der Waals surface area contributed by atoms with Gasteiger partial charge < -0.3 is 14.8 Å². The van der Waals surface area contributed by atoms with E-state index in [0.29, 0.717) is 30.0 Å². The molecule has 25 heavy (non-hydrogen) atoms. The van der Waals surface area contributed by atoms with Gasteiger partial charge in [0.15, 0.2) is 0 Å². The Balaban J connectivity index is 1.85. The molecule has 0 bridgehead atoms. The molecular formula is C17H17N5O3. The maximum absolute atomic E-state index is 12.5. The fourth-order valence-electron chi connectivity index (χ4n) is 2.18. The molecule has 2 heterocycles. The maximum atomic E-state index is 12.5. The van der Waals surface area contributed by atoms with Crippen molar-refractivity contribution in [3.05, 3.63) is 42.4 Å². The van der Waals surface area contributed by atoms with E-state index in [2.05, 4.69) is 25.3 Å². The predicted octanol–water partition coefficient (Wildman–Crippen LogP) is 2.47. The van der Waals surface area contributed by atoms with Gasteiger partial charge in [-0.3, -0.25) is 14.8 Å². The lowest BCUT2D eigenvalue weighted by atomic mass is 10.2. The number of carbonyl (C=O) groups excluding carboxylic acids is 1. The summed E-state index contributed by atoms with van der Waals surface area (Å²) in [6, 6.07) is 5.30. The first-order chi connectivity index (χ1) is 12.2. The molecule has 1 aromatic carbocycles. The van der Waals surface area contributed by atoms with Crippen molar-refractivity contribution in [2.24, 2.45) is 0 Å². The molecule has 0 fully saturated rings. The summed E-state index contributed by atoms with van der Waals surface area (Å²) in [5.41, 5.74) is 2.18. The second kappa shape index (κ2) is 7.52. The van der Waals surface area contributed by atoms with Crippen molar-refractivity contribution in [1.82, 2.24) is 19.9 Å². The van der Waals surface area contributed by atoms with Gasteiger partial charge in [0.25, 0.3) is 5.91 Å². The molecule has 0 aliphatic heterocycles. The van der Waals surface area contributed by atoms with Crippen LogP contribution in [0.2, 0.25) is 0 Å². The zero-order valence-corrected chi connectivity index (χ0v) is 13.9. The van der Waals surface area contributed by atoms with Gasteiger partial charge in [0.2, 0.25) is 5.88 Å². The quantitative estimate of drug-likeness (QED) is 0.736. The van der Waals surface area contributed by atoms with E-state index in [1.54, 1.807) is 30.6 Å². The van der Waals surface area contributed by atoms with Crippen molar-refractivity contribution in [3.8, 4) is 11.9 Å². The summed E-state index contributed by atoms with van der Waals surface area (Å²) in [6.07, 6.45) is 4.65. The van der Waals surface area contributed by atoms with Crippen LogP contribution < -0.4 is 14.8 Å². The Hall–Kier alpha value is -3.29. The molecule has 0 aliphatic carbocycles. The van der Waals surface area contributed by atoms with Crippen LogP contribution >= 0.6 is 0 Å². The van der Waals surface area contributed by atoms with Crippen LogP contribution in [0.25, 0.3) is 11.0 Å². The topological polar surface area (TPSA) is 99.1 Å². The lowest BCUT2D eigenvalue weighted by molar-refractivity contribution is 0.102. The minimum Gasteiger partial charge on any atom is -0.476 e. The molecule has 0 saturated carbocycles. The monoisotopic (exact) mass is 339 g/mol. The van der Waals surface area contributed by atoms with Crippen LogP contribution in [0.5, 0.6) is 11.9 Å². The third-order valence-corrected chi connectivity index (χ3v) is 3.27. The van der Waals surface area contributed by atoms with Crippen molar-refractivity contribution in [1.29, 1.82) is 0 Å². The number of aromatic nitrogens is 4. The number of ether oxygens (including phenoxy) is 2. The molecule has 2 aromatic heterocycles. The molecule has 1 amide bonds. The molecule has 3 rings (SSSR count). The van der Waals surface area contributed by atoms with Gasteiger partial charge in [0, 0.05) is 18.0 Å². The number of amides is 1. The Morgan fingerprint density at radius 2 is 1.80 bits per heavy atom. The number of anilines is 1. The van der Waals surface area contributed by atoms with E-state index in [9.17, 15) is 4.79 Å². The van der Waals surface area contributed by atoms with Crippen LogP contribution in [0, 0.1) is 0 Å². The second-order valence-electron chi connectivity index (χ2n) is 4.95. The van der Waals surface area contributed by atoms with Gasteiger partial charge in [0.1, 0.15) is 5.69 Å². The third-order valence-electron chi connectivity index (χ3n) is 3.27. The lowest BCUT2D eigenvalue weighted by Gasteiger charge is -2.11. The molecule has 0 radical (unpaired) electrons. The maximum Gasteiger partial charge on any atom is 0.319 e. The Labute approximate surface area is 144 Å². The van der Waals surface area contributed by atoms with Gasteiger partial charge in [-0.1, -0.05) is 0 Å². The van der Waals surface area contributed by atoms with Gasteiger partial charge in [-0.15, -0.1) is 0 Å². The molecule has 8 heteroatoms. The smallest absolute Gasteiger partial charge is 0.319 e. The molecule has 8 nitrogen and oxygen atoms in total. The van der Waals surface area contributed by atoms with E-state index < -0.39 is 0 Å². The number of hydrogen-bond donors (Lipinski definition) is 1. The van der Waals surface area contributed by atoms with Crippen LogP contribution in [-0.4, -0.2) is 39.1 Å². The highest BCUT2D eigenvalue weighted by molar-refractivity contribution is 6.06. The summed E-state index contributed by atoms with van der Waals surface area (Å²) < 4.78 is 10.7. The Kier molecular flexibility index (Phi) is 4.98. The highest BCUT2D eigenvalue weighted by atomic mass is 16.5. The van der Waals surface area contributed by atoms with Crippen LogP contribution in [0.3, 0.4) is 0 Å². The summed E-state index contributed by atoms with van der Waals surface area (Å²) >= 11 is 0. The van der Waals surface area contributed by atoms with Crippen LogP contribution in [0.15, 0.2) is 36.8 Å². The zero-order chi connectivity index (χ0) is 17.6. The van der Waals surface area contributed by atoms with Gasteiger partial charge >= 0.3 is 6.01 Å². The number of fused-ring (bicyclic) bond motifs is 1. The molecule has 3 aromatic rings. The lowest BCUT2D eigenvalue weighted by Crippen LogP contribution is -2.14. The minimum atomic E-state index is -0.318. The first kappa shape index (κ1) is 16.6. The first-order valence-corrected chi connectivity index (χ1v) is 7.86. The van der Waals surface area contributed by atoms with Gasteiger partial charge in [-0.2, -0.15) is 4.98 Å². The number of rotatable bonds is 6. The standard InChI is InChI=1S/C17H17N5O3/c1-3-24-16-14(10-20-17(22-16)25-4-2)21-15(23)11-5-6-12-13(9-11)19-8-7-18-12/h5-10H,3-4H2,1-2H3,(H,21,23). The molecule has 0 spiro atoms. The summed E-state index contributed by atoms with van der Waals surface area (Å²) in [7, 11) is 0. The predicted molar refractivity (Wildman–Crippen MR) is 91.9 cm³/mol. The largest absolute Gasteiger partial charge is 0.476 e. The van der Waals surface area contributed by atoms with Crippen molar-refractivity contribution < 1.29 is 14.3 Å². The Morgan fingerprint density at radius 3 is 2.56 bits per heavy atom. The van der Waals surface area contributed by atoms with Crippen molar-refractivity contribution in [2.75, 3.05) is 18.5 Å². The molecule has 0 saturated heterocycles. The van der Waals surface area contributed by atoms with Crippen LogP contribution in [0.1, 0.15) is 24.2 Å².